The van der Waals surface area contributed by atoms with Crippen LogP contribution in [0.15, 0.2) is 43.1 Å². The van der Waals surface area contributed by atoms with Gasteiger partial charge in [-0.05, 0) is 12.1 Å². The minimum absolute atomic E-state index is 0.648. The van der Waals surface area contributed by atoms with Gasteiger partial charge in [0.05, 0.1) is 25.8 Å². The molecule has 0 aliphatic rings. The molecule has 0 spiro atoms. The Kier molecular flexibility index (Phi) is 2.87. The van der Waals surface area contributed by atoms with Crippen LogP contribution in [0.1, 0.15) is 5.69 Å². The maximum Gasteiger partial charge on any atom is 0.104 e. The minimum Gasteiger partial charge on any atom is -0.271 e. The second-order valence-corrected chi connectivity index (χ2v) is 3.95. The topological polar surface area (TPSA) is 66.3 Å². The Morgan fingerprint density at radius 1 is 0.889 bits per heavy atom. The van der Waals surface area contributed by atoms with Crippen LogP contribution in [0.2, 0.25) is 0 Å². The van der Waals surface area contributed by atoms with Gasteiger partial charge in [-0.15, -0.1) is 5.10 Å². The van der Waals surface area contributed by atoms with Crippen LogP contribution in [0.25, 0.3) is 0 Å². The van der Waals surface area contributed by atoms with Crippen molar-refractivity contribution in [2.45, 2.75) is 19.6 Å². The van der Waals surface area contributed by atoms with Gasteiger partial charge in [-0.3, -0.25) is 14.0 Å². The van der Waals surface area contributed by atoms with Gasteiger partial charge in [0.1, 0.15) is 5.69 Å². The molecule has 0 bridgehead atoms. The van der Waals surface area contributed by atoms with Crippen molar-refractivity contribution in [3.8, 4) is 0 Å². The fourth-order valence-electron chi connectivity index (χ4n) is 1.72. The van der Waals surface area contributed by atoms with E-state index < -0.39 is 0 Å². The standard InChI is InChI=1S/C11H13N7/c1-3-12-16(5-1)7-8-18-10-11(14-15-18)9-17-6-2-4-13-17/h1-6,10H,7-9H2. The summed E-state index contributed by atoms with van der Waals surface area (Å²) in [5.41, 5.74) is 0.902. The van der Waals surface area contributed by atoms with E-state index >= 15 is 0 Å². The van der Waals surface area contributed by atoms with Crippen molar-refractivity contribution in [1.82, 2.24) is 34.6 Å². The summed E-state index contributed by atoms with van der Waals surface area (Å²) in [5.74, 6) is 0. The van der Waals surface area contributed by atoms with Crippen LogP contribution in [0.3, 0.4) is 0 Å². The fourth-order valence-corrected chi connectivity index (χ4v) is 1.72. The van der Waals surface area contributed by atoms with E-state index in [1.807, 2.05) is 44.8 Å². The van der Waals surface area contributed by atoms with Gasteiger partial charge in [0.2, 0.25) is 0 Å². The quantitative estimate of drug-likeness (QED) is 0.651. The molecular weight excluding hydrogens is 230 g/mol. The minimum atomic E-state index is 0.648. The molecule has 0 aliphatic heterocycles. The van der Waals surface area contributed by atoms with E-state index in [2.05, 4.69) is 20.5 Å². The van der Waals surface area contributed by atoms with Crippen molar-refractivity contribution in [1.29, 1.82) is 0 Å². The van der Waals surface area contributed by atoms with Gasteiger partial charge in [0.25, 0.3) is 0 Å². The van der Waals surface area contributed by atoms with Gasteiger partial charge < -0.3 is 0 Å². The van der Waals surface area contributed by atoms with Crippen molar-refractivity contribution in [2.24, 2.45) is 0 Å². The molecule has 0 amide bonds. The van der Waals surface area contributed by atoms with Gasteiger partial charge in [-0.25, -0.2) is 0 Å². The lowest BCUT2D eigenvalue weighted by molar-refractivity contribution is 0.490. The normalized spacial score (nSPS) is 10.9. The molecule has 3 heterocycles. The Balaban J connectivity index is 1.59. The summed E-state index contributed by atoms with van der Waals surface area (Å²) in [5, 5.41) is 16.5. The molecule has 0 fully saturated rings. The zero-order valence-electron chi connectivity index (χ0n) is 9.79. The summed E-state index contributed by atoms with van der Waals surface area (Å²) in [6.45, 7) is 2.19. The molecule has 18 heavy (non-hydrogen) atoms. The lowest BCUT2D eigenvalue weighted by atomic mass is 10.5. The smallest absolute Gasteiger partial charge is 0.104 e. The Bertz CT molecular complexity index is 579. The molecule has 3 aromatic heterocycles. The highest BCUT2D eigenvalue weighted by molar-refractivity contribution is 4.94. The average molecular weight is 243 g/mol. The molecule has 0 radical (unpaired) electrons. The van der Waals surface area contributed by atoms with Crippen LogP contribution < -0.4 is 0 Å². The maximum atomic E-state index is 4.14. The fraction of sp³-hybridized carbons (Fsp3) is 0.273. The number of aromatic nitrogens is 7. The van der Waals surface area contributed by atoms with Gasteiger partial charge in [0, 0.05) is 24.8 Å². The lowest BCUT2D eigenvalue weighted by Gasteiger charge is -2.00. The molecule has 0 aromatic carbocycles. The van der Waals surface area contributed by atoms with Crippen molar-refractivity contribution in [2.75, 3.05) is 0 Å². The summed E-state index contributed by atoms with van der Waals surface area (Å²) in [6.07, 6.45) is 9.29. The molecule has 3 rings (SSSR count). The molecule has 0 saturated heterocycles. The second-order valence-electron chi connectivity index (χ2n) is 3.95. The van der Waals surface area contributed by atoms with E-state index in [1.54, 1.807) is 12.4 Å². The monoisotopic (exact) mass is 243 g/mol. The van der Waals surface area contributed by atoms with Crippen LogP contribution in [0.4, 0.5) is 0 Å². The largest absolute Gasteiger partial charge is 0.271 e. The van der Waals surface area contributed by atoms with Crippen LogP contribution in [0.5, 0.6) is 0 Å². The molecule has 0 unspecified atom stereocenters. The van der Waals surface area contributed by atoms with Crippen LogP contribution in [-0.2, 0) is 19.6 Å². The third-order valence-corrected chi connectivity index (χ3v) is 2.59. The number of aryl methyl sites for hydroxylation is 2. The molecule has 0 aliphatic carbocycles. The van der Waals surface area contributed by atoms with Gasteiger partial charge in [0.15, 0.2) is 0 Å². The van der Waals surface area contributed by atoms with Crippen LogP contribution in [0, 0.1) is 0 Å². The number of rotatable bonds is 5. The lowest BCUT2D eigenvalue weighted by Crippen LogP contribution is -2.08. The summed E-state index contributed by atoms with van der Waals surface area (Å²) < 4.78 is 5.51. The van der Waals surface area contributed by atoms with Gasteiger partial charge in [-0.1, -0.05) is 5.21 Å². The Morgan fingerprint density at radius 3 is 2.33 bits per heavy atom. The summed E-state index contributed by atoms with van der Waals surface area (Å²) in [4.78, 5) is 0. The highest BCUT2D eigenvalue weighted by Crippen LogP contribution is 1.97. The molecule has 3 aromatic rings. The van der Waals surface area contributed by atoms with E-state index in [1.165, 1.54) is 0 Å². The molecule has 7 nitrogen and oxygen atoms in total. The highest BCUT2D eigenvalue weighted by atomic mass is 15.4. The first-order valence-electron chi connectivity index (χ1n) is 5.74. The Morgan fingerprint density at radius 2 is 1.61 bits per heavy atom. The Hall–Kier alpha value is -2.44. The van der Waals surface area contributed by atoms with E-state index in [-0.39, 0.29) is 0 Å². The van der Waals surface area contributed by atoms with Crippen molar-refractivity contribution < 1.29 is 0 Å². The third kappa shape index (κ3) is 2.45. The van der Waals surface area contributed by atoms with Crippen molar-refractivity contribution in [3.05, 3.63) is 48.8 Å². The van der Waals surface area contributed by atoms with Crippen molar-refractivity contribution in [3.63, 3.8) is 0 Å². The summed E-state index contributed by atoms with van der Waals surface area (Å²) in [7, 11) is 0. The van der Waals surface area contributed by atoms with Crippen LogP contribution in [-0.4, -0.2) is 34.6 Å². The third-order valence-electron chi connectivity index (χ3n) is 2.59. The van der Waals surface area contributed by atoms with Crippen molar-refractivity contribution >= 4 is 0 Å². The number of hydrogen-bond donors (Lipinski definition) is 0. The SMILES string of the molecule is c1cnn(CCn2cc(Cn3cccn3)nn2)c1. The first kappa shape index (κ1) is 10.7. The van der Waals surface area contributed by atoms with E-state index in [4.69, 9.17) is 0 Å². The molecule has 0 atom stereocenters. The van der Waals surface area contributed by atoms with Crippen LogP contribution >= 0.6 is 0 Å². The molecular formula is C11H13N7. The zero-order chi connectivity index (χ0) is 12.2. The van der Waals surface area contributed by atoms with Gasteiger partial charge in [-0.2, -0.15) is 10.2 Å². The molecule has 7 heteroatoms. The first-order chi connectivity index (χ1) is 8.90. The van der Waals surface area contributed by atoms with E-state index in [9.17, 15) is 0 Å². The summed E-state index contributed by atoms with van der Waals surface area (Å²) in [6, 6.07) is 3.80. The Labute approximate surface area is 104 Å². The predicted octanol–water partition coefficient (Wildman–Crippen LogP) is 0.420. The molecule has 0 N–H and O–H groups in total. The number of nitrogens with zero attached hydrogens (tertiary/aromatic N) is 7. The average Bonchev–Trinajstić information content (AvgIpc) is 3.09. The molecule has 92 valence electrons. The highest BCUT2D eigenvalue weighted by Gasteiger charge is 2.02. The predicted molar refractivity (Wildman–Crippen MR) is 63.6 cm³/mol. The molecule has 0 saturated carbocycles. The first-order valence-corrected chi connectivity index (χ1v) is 5.74. The van der Waals surface area contributed by atoms with E-state index in [0.717, 1.165) is 18.8 Å². The maximum absolute atomic E-state index is 4.14. The number of hydrogen-bond acceptors (Lipinski definition) is 4. The van der Waals surface area contributed by atoms with Gasteiger partial charge >= 0.3 is 0 Å². The second kappa shape index (κ2) is 4.82. The summed E-state index contributed by atoms with van der Waals surface area (Å²) >= 11 is 0. The zero-order valence-corrected chi connectivity index (χ0v) is 9.79. The van der Waals surface area contributed by atoms with E-state index in [0.29, 0.717) is 6.54 Å².